The molecule has 0 spiro atoms. The van der Waals surface area contributed by atoms with E-state index in [1.807, 2.05) is 0 Å². The van der Waals surface area contributed by atoms with Crippen molar-refractivity contribution in [1.29, 1.82) is 0 Å². The molecule has 0 amide bonds. The third-order valence-electron chi connectivity index (χ3n) is 0.927. The Hall–Kier alpha value is -0.120. The fourth-order valence-electron chi connectivity index (χ4n) is 0.446. The first-order chi connectivity index (χ1) is 3.95. The van der Waals surface area contributed by atoms with Gasteiger partial charge in [-0.05, 0) is 6.42 Å². The monoisotopic (exact) mass is 154 g/mol. The molecule has 1 atom stereocenters. The molecule has 0 aliphatic carbocycles. The Balaban J connectivity index is 3.75. The zero-order chi connectivity index (χ0) is 7.49. The van der Waals surface area contributed by atoms with E-state index in [-0.39, 0.29) is 12.2 Å². The lowest BCUT2D eigenvalue weighted by Gasteiger charge is -2.00. The van der Waals surface area contributed by atoms with Crippen LogP contribution in [-0.2, 0) is 9.84 Å². The molecular formula is C5H11FO2S. The normalized spacial score (nSPS) is 15.4. The molecule has 0 aromatic carbocycles. The summed E-state index contributed by atoms with van der Waals surface area (Å²) in [5, 5.41) is 0. The summed E-state index contributed by atoms with van der Waals surface area (Å²) in [5.74, 6) is -0.344. The zero-order valence-corrected chi connectivity index (χ0v) is 6.41. The molecule has 0 aliphatic heterocycles. The van der Waals surface area contributed by atoms with Crippen molar-refractivity contribution >= 4 is 9.84 Å². The van der Waals surface area contributed by atoms with Crippen LogP contribution >= 0.6 is 0 Å². The van der Waals surface area contributed by atoms with E-state index < -0.39 is 16.0 Å². The van der Waals surface area contributed by atoms with Crippen LogP contribution in [0.5, 0.6) is 0 Å². The van der Waals surface area contributed by atoms with E-state index in [0.29, 0.717) is 0 Å². The molecule has 0 N–H and O–H groups in total. The average Bonchev–Trinajstić information content (AvgIpc) is 1.62. The summed E-state index contributed by atoms with van der Waals surface area (Å²) < 4.78 is 33.0. The summed E-state index contributed by atoms with van der Waals surface area (Å²) in [7, 11) is -3.11. The number of halogens is 1. The van der Waals surface area contributed by atoms with Crippen LogP contribution in [-0.4, -0.2) is 26.6 Å². The van der Waals surface area contributed by atoms with Gasteiger partial charge >= 0.3 is 0 Å². The highest BCUT2D eigenvalue weighted by molar-refractivity contribution is 7.90. The van der Waals surface area contributed by atoms with Gasteiger partial charge in [0.2, 0.25) is 0 Å². The van der Waals surface area contributed by atoms with E-state index in [1.54, 1.807) is 6.92 Å². The maximum atomic E-state index is 12.2. The van der Waals surface area contributed by atoms with Crippen LogP contribution in [0.4, 0.5) is 4.39 Å². The van der Waals surface area contributed by atoms with Gasteiger partial charge in [0, 0.05) is 6.26 Å². The lowest BCUT2D eigenvalue weighted by Crippen LogP contribution is -2.14. The molecule has 4 heteroatoms. The van der Waals surface area contributed by atoms with E-state index in [0.717, 1.165) is 6.26 Å². The van der Waals surface area contributed by atoms with Gasteiger partial charge in [0.05, 0.1) is 5.75 Å². The molecule has 0 aliphatic rings. The molecule has 0 saturated carbocycles. The van der Waals surface area contributed by atoms with Crippen LogP contribution in [0, 0.1) is 0 Å². The second-order valence-corrected chi connectivity index (χ2v) is 4.28. The predicted molar refractivity (Wildman–Crippen MR) is 34.9 cm³/mol. The van der Waals surface area contributed by atoms with Crippen molar-refractivity contribution in [2.24, 2.45) is 0 Å². The van der Waals surface area contributed by atoms with E-state index in [1.165, 1.54) is 0 Å². The Kier molecular flexibility index (Phi) is 3.11. The number of rotatable bonds is 3. The van der Waals surface area contributed by atoms with E-state index >= 15 is 0 Å². The minimum Gasteiger partial charge on any atom is -0.246 e. The van der Waals surface area contributed by atoms with Crippen LogP contribution in [0.3, 0.4) is 0 Å². The second kappa shape index (κ2) is 3.15. The largest absolute Gasteiger partial charge is 0.246 e. The molecule has 9 heavy (non-hydrogen) atoms. The molecule has 0 bridgehead atoms. The molecule has 2 nitrogen and oxygen atoms in total. The zero-order valence-electron chi connectivity index (χ0n) is 5.59. The van der Waals surface area contributed by atoms with E-state index in [9.17, 15) is 12.8 Å². The van der Waals surface area contributed by atoms with Gasteiger partial charge in [-0.15, -0.1) is 0 Å². The number of hydrogen-bond donors (Lipinski definition) is 0. The molecule has 0 heterocycles. The fourth-order valence-corrected chi connectivity index (χ4v) is 1.34. The Morgan fingerprint density at radius 3 is 2.11 bits per heavy atom. The summed E-state index contributed by atoms with van der Waals surface area (Å²) in [5.41, 5.74) is 0. The molecule has 0 radical (unpaired) electrons. The lowest BCUT2D eigenvalue weighted by molar-refractivity contribution is 0.353. The lowest BCUT2D eigenvalue weighted by atomic mass is 10.3. The highest BCUT2D eigenvalue weighted by Crippen LogP contribution is 1.99. The number of sulfone groups is 1. The number of hydrogen-bond acceptors (Lipinski definition) is 2. The van der Waals surface area contributed by atoms with Crippen LogP contribution in [0.15, 0.2) is 0 Å². The highest BCUT2D eigenvalue weighted by Gasteiger charge is 2.10. The SMILES string of the molecule is CCC(F)CS(C)(=O)=O. The summed E-state index contributed by atoms with van der Waals surface area (Å²) in [6.45, 7) is 1.62. The van der Waals surface area contributed by atoms with Crippen molar-refractivity contribution in [1.82, 2.24) is 0 Å². The Morgan fingerprint density at radius 2 is 2.00 bits per heavy atom. The minimum absolute atomic E-state index is 0.271. The van der Waals surface area contributed by atoms with Gasteiger partial charge in [-0.1, -0.05) is 6.92 Å². The van der Waals surface area contributed by atoms with Gasteiger partial charge in [-0.3, -0.25) is 0 Å². The van der Waals surface area contributed by atoms with E-state index in [2.05, 4.69) is 0 Å². The van der Waals surface area contributed by atoms with Crippen molar-refractivity contribution in [3.8, 4) is 0 Å². The summed E-state index contributed by atoms with van der Waals surface area (Å²) in [4.78, 5) is 0. The van der Waals surface area contributed by atoms with Crippen LogP contribution in [0.25, 0.3) is 0 Å². The summed E-state index contributed by atoms with van der Waals surface area (Å²) in [6, 6.07) is 0. The third kappa shape index (κ3) is 5.76. The van der Waals surface area contributed by atoms with E-state index in [4.69, 9.17) is 0 Å². The molecule has 0 rings (SSSR count). The van der Waals surface area contributed by atoms with Crippen LogP contribution in [0.1, 0.15) is 13.3 Å². The van der Waals surface area contributed by atoms with Gasteiger partial charge < -0.3 is 0 Å². The molecular weight excluding hydrogens is 143 g/mol. The van der Waals surface area contributed by atoms with Crippen molar-refractivity contribution in [2.75, 3.05) is 12.0 Å². The van der Waals surface area contributed by atoms with Gasteiger partial charge in [-0.25, -0.2) is 12.8 Å². The molecule has 0 aromatic heterocycles. The second-order valence-electron chi connectivity index (χ2n) is 2.10. The standard InChI is InChI=1S/C5H11FO2S/c1-3-5(6)4-9(2,7)8/h5H,3-4H2,1-2H3. The Labute approximate surface area is 55.0 Å². The molecule has 0 fully saturated rings. The maximum absolute atomic E-state index is 12.2. The quantitative estimate of drug-likeness (QED) is 0.602. The first-order valence-corrected chi connectivity index (χ1v) is 4.83. The van der Waals surface area contributed by atoms with Crippen molar-refractivity contribution in [3.05, 3.63) is 0 Å². The minimum atomic E-state index is -3.11. The maximum Gasteiger partial charge on any atom is 0.150 e. The molecule has 0 saturated heterocycles. The predicted octanol–water partition coefficient (Wildman–Crippen LogP) is 0.779. The van der Waals surface area contributed by atoms with Gasteiger partial charge in [-0.2, -0.15) is 0 Å². The van der Waals surface area contributed by atoms with Crippen LogP contribution in [0.2, 0.25) is 0 Å². The summed E-state index contributed by atoms with van der Waals surface area (Å²) >= 11 is 0. The van der Waals surface area contributed by atoms with Gasteiger partial charge in [0.1, 0.15) is 16.0 Å². The first-order valence-electron chi connectivity index (χ1n) is 2.77. The average molecular weight is 154 g/mol. The highest BCUT2D eigenvalue weighted by atomic mass is 32.2. The third-order valence-corrected chi connectivity index (χ3v) is 1.89. The van der Waals surface area contributed by atoms with Crippen molar-refractivity contribution in [3.63, 3.8) is 0 Å². The topological polar surface area (TPSA) is 34.1 Å². The van der Waals surface area contributed by atoms with Gasteiger partial charge in [0.15, 0.2) is 0 Å². The number of alkyl halides is 1. The smallest absolute Gasteiger partial charge is 0.150 e. The van der Waals surface area contributed by atoms with Crippen molar-refractivity contribution < 1.29 is 12.8 Å². The molecule has 0 aromatic rings. The van der Waals surface area contributed by atoms with Crippen molar-refractivity contribution in [2.45, 2.75) is 19.5 Å². The fraction of sp³-hybridized carbons (Fsp3) is 1.00. The summed E-state index contributed by atoms with van der Waals surface area (Å²) in [6.07, 6.45) is 0.113. The Morgan fingerprint density at radius 1 is 1.56 bits per heavy atom. The van der Waals surface area contributed by atoms with Gasteiger partial charge in [0.25, 0.3) is 0 Å². The molecule has 56 valence electrons. The first kappa shape index (κ1) is 8.88. The molecule has 1 unspecified atom stereocenters. The van der Waals surface area contributed by atoms with Crippen LogP contribution < -0.4 is 0 Å². The Bertz CT molecular complexity index is 162.